The van der Waals surface area contributed by atoms with Crippen LogP contribution >= 0.6 is 0 Å². The topological polar surface area (TPSA) is 92.0 Å². The number of halogens is 1. The van der Waals surface area contributed by atoms with E-state index in [0.29, 0.717) is 30.4 Å². The van der Waals surface area contributed by atoms with Gasteiger partial charge < -0.3 is 19.7 Å². The predicted molar refractivity (Wildman–Crippen MR) is 132 cm³/mol. The van der Waals surface area contributed by atoms with Gasteiger partial charge in [-0.3, -0.25) is 14.7 Å². The Morgan fingerprint density at radius 1 is 1.26 bits per heavy atom. The Kier molecular flexibility index (Phi) is 7.26. The summed E-state index contributed by atoms with van der Waals surface area (Å²) in [5.41, 5.74) is 3.62. The van der Waals surface area contributed by atoms with E-state index in [2.05, 4.69) is 15.3 Å². The van der Waals surface area contributed by atoms with Crippen LogP contribution in [-0.2, 0) is 4.79 Å². The van der Waals surface area contributed by atoms with Crippen LogP contribution in [-0.4, -0.2) is 51.7 Å². The van der Waals surface area contributed by atoms with E-state index >= 15 is 0 Å². The average Bonchev–Trinajstić information content (AvgIpc) is 3.42. The molecule has 1 amide bonds. The first-order chi connectivity index (χ1) is 16.9. The van der Waals surface area contributed by atoms with Crippen LogP contribution in [0.15, 0.2) is 65.7 Å². The van der Waals surface area contributed by atoms with E-state index in [-0.39, 0.29) is 24.4 Å². The third-order valence-corrected chi connectivity index (χ3v) is 5.75. The van der Waals surface area contributed by atoms with Gasteiger partial charge in [-0.2, -0.15) is 0 Å². The highest BCUT2D eigenvalue weighted by molar-refractivity contribution is 6.15. The summed E-state index contributed by atoms with van der Waals surface area (Å²) in [5, 5.41) is 12.3. The Morgan fingerprint density at radius 3 is 2.69 bits per heavy atom. The van der Waals surface area contributed by atoms with Gasteiger partial charge in [0.15, 0.2) is 0 Å². The van der Waals surface area contributed by atoms with E-state index in [4.69, 9.17) is 9.84 Å². The van der Waals surface area contributed by atoms with E-state index < -0.39 is 0 Å². The van der Waals surface area contributed by atoms with Crippen molar-refractivity contribution in [3.05, 3.63) is 83.3 Å². The second-order valence-electron chi connectivity index (χ2n) is 8.22. The number of benzene rings is 2. The number of carbonyl (C=O) groups is 1. The fraction of sp³-hybridized carbons (Fsp3) is 0.269. The first kappa shape index (κ1) is 24.2. The smallest absolute Gasteiger partial charge is 0.277 e. The van der Waals surface area contributed by atoms with Crippen molar-refractivity contribution in [1.82, 2.24) is 19.8 Å². The summed E-state index contributed by atoms with van der Waals surface area (Å²) in [6.07, 6.45) is 5.84. The number of aliphatic hydroxyl groups excluding tert-OH is 1. The van der Waals surface area contributed by atoms with Gasteiger partial charge in [0, 0.05) is 19.3 Å². The summed E-state index contributed by atoms with van der Waals surface area (Å²) >= 11 is 0. The molecule has 4 rings (SSSR count). The van der Waals surface area contributed by atoms with Crippen LogP contribution in [0.1, 0.15) is 36.2 Å². The van der Waals surface area contributed by atoms with Crippen LogP contribution in [0.4, 0.5) is 4.39 Å². The molecule has 2 N–H and O–H groups in total. The van der Waals surface area contributed by atoms with E-state index in [1.807, 2.05) is 42.8 Å². The Labute approximate surface area is 203 Å². The number of rotatable bonds is 8. The highest BCUT2D eigenvalue weighted by atomic mass is 19.1. The van der Waals surface area contributed by atoms with Crippen molar-refractivity contribution in [2.45, 2.75) is 26.3 Å². The van der Waals surface area contributed by atoms with E-state index in [1.54, 1.807) is 36.5 Å². The minimum Gasteiger partial charge on any atom is -0.495 e. The second kappa shape index (κ2) is 10.5. The zero-order valence-electron chi connectivity index (χ0n) is 19.9. The van der Waals surface area contributed by atoms with Crippen LogP contribution < -0.4 is 10.1 Å². The minimum atomic E-state index is -0.379. The minimum absolute atomic E-state index is 0.00349. The molecule has 8 nitrogen and oxygen atoms in total. The number of hydrogen-bond donors (Lipinski definition) is 2. The molecule has 35 heavy (non-hydrogen) atoms. The zero-order valence-corrected chi connectivity index (χ0v) is 19.9. The van der Waals surface area contributed by atoms with Gasteiger partial charge in [-0.1, -0.05) is 18.2 Å². The number of ether oxygens (including phenoxy) is 1. The number of imidazole rings is 1. The van der Waals surface area contributed by atoms with Crippen LogP contribution in [0, 0.1) is 12.7 Å². The number of guanidine groups is 1. The molecule has 3 aromatic rings. The molecule has 0 bridgehead atoms. The molecule has 1 saturated heterocycles. The van der Waals surface area contributed by atoms with Crippen molar-refractivity contribution in [3.8, 4) is 11.4 Å². The van der Waals surface area contributed by atoms with E-state index in [0.717, 1.165) is 22.5 Å². The summed E-state index contributed by atoms with van der Waals surface area (Å²) < 4.78 is 20.9. The van der Waals surface area contributed by atoms with Crippen molar-refractivity contribution in [2.24, 2.45) is 4.99 Å². The number of nitrogens with one attached hydrogen (secondary N) is 1. The molecule has 0 saturated carbocycles. The molecular weight excluding hydrogens is 449 g/mol. The monoisotopic (exact) mass is 477 g/mol. The fourth-order valence-electron chi connectivity index (χ4n) is 3.90. The Hall–Kier alpha value is -3.98. The molecule has 1 atom stereocenters. The van der Waals surface area contributed by atoms with Gasteiger partial charge in [0.05, 0.1) is 30.9 Å². The number of aromatic nitrogens is 2. The fourth-order valence-corrected chi connectivity index (χ4v) is 3.90. The Morgan fingerprint density at radius 2 is 2.03 bits per heavy atom. The maximum Gasteiger partial charge on any atom is 0.277 e. The molecule has 1 aromatic heterocycles. The van der Waals surface area contributed by atoms with Gasteiger partial charge >= 0.3 is 0 Å². The summed E-state index contributed by atoms with van der Waals surface area (Å²) in [7, 11) is 1.59. The number of hydrogen-bond acceptors (Lipinski definition) is 5. The quantitative estimate of drug-likeness (QED) is 0.382. The molecule has 9 heteroatoms. The van der Waals surface area contributed by atoms with Crippen LogP contribution in [0.2, 0.25) is 0 Å². The number of aliphatic hydroxyl groups is 1. The number of amides is 1. The number of methoxy groups -OCH3 is 1. The van der Waals surface area contributed by atoms with Gasteiger partial charge in [0.1, 0.15) is 17.3 Å². The molecular formula is C26H28FN5O3. The molecule has 2 aromatic carbocycles. The molecule has 0 spiro atoms. The highest BCUT2D eigenvalue weighted by Gasteiger charge is 2.36. The average molecular weight is 478 g/mol. The summed E-state index contributed by atoms with van der Waals surface area (Å²) in [4.78, 5) is 23.7. The standard InChI is InChI=1S/C26H28FN5O3/c1-17-15-31(16-29-17)23-10-5-19(14-24(23)35-3)13-22-25(34)32(26(30-22)28-11-4-12-33)18(2)20-6-8-21(27)9-7-20/h5-10,13-16,18,33H,4,11-12H2,1-3H3,(H,28,30)/t18-/m0/s1. The normalized spacial score (nSPS) is 16.7. The van der Waals surface area contributed by atoms with Gasteiger partial charge in [-0.25, -0.2) is 9.37 Å². The SMILES string of the molecule is COc1cc(C=C2NC(=NCCCO)N([C@@H](C)c3ccc(F)cc3)C2=O)ccc1-n1cnc(C)c1. The first-order valence-electron chi connectivity index (χ1n) is 11.3. The largest absolute Gasteiger partial charge is 0.495 e. The Bertz CT molecular complexity index is 1270. The maximum absolute atomic E-state index is 13.4. The molecule has 1 aliphatic heterocycles. The molecule has 0 unspecified atom stereocenters. The van der Waals surface area contributed by atoms with Crippen molar-refractivity contribution >= 4 is 17.9 Å². The molecule has 2 heterocycles. The highest BCUT2D eigenvalue weighted by Crippen LogP contribution is 2.29. The van der Waals surface area contributed by atoms with Gasteiger partial charge in [-0.05, 0) is 61.7 Å². The molecule has 1 aliphatic rings. The van der Waals surface area contributed by atoms with Crippen LogP contribution in [0.5, 0.6) is 5.75 Å². The lowest BCUT2D eigenvalue weighted by Gasteiger charge is -2.23. The summed E-state index contributed by atoms with van der Waals surface area (Å²) in [6, 6.07) is 11.3. The predicted octanol–water partition coefficient (Wildman–Crippen LogP) is 3.60. The van der Waals surface area contributed by atoms with Crippen molar-refractivity contribution in [1.29, 1.82) is 0 Å². The van der Waals surface area contributed by atoms with Crippen molar-refractivity contribution < 1.29 is 19.0 Å². The second-order valence-corrected chi connectivity index (χ2v) is 8.22. The molecule has 0 radical (unpaired) electrons. The number of carbonyl (C=O) groups excluding carboxylic acids is 1. The lowest BCUT2D eigenvalue weighted by molar-refractivity contribution is -0.123. The van der Waals surface area contributed by atoms with Gasteiger partial charge in [-0.15, -0.1) is 0 Å². The molecule has 0 aliphatic carbocycles. The van der Waals surface area contributed by atoms with E-state index in [9.17, 15) is 9.18 Å². The third-order valence-electron chi connectivity index (χ3n) is 5.75. The van der Waals surface area contributed by atoms with Crippen molar-refractivity contribution in [2.75, 3.05) is 20.3 Å². The number of nitrogens with zero attached hydrogens (tertiary/aromatic N) is 4. The third kappa shape index (κ3) is 5.25. The summed E-state index contributed by atoms with van der Waals surface area (Å²) in [6.45, 7) is 4.14. The van der Waals surface area contributed by atoms with Crippen LogP contribution in [0.3, 0.4) is 0 Å². The van der Waals surface area contributed by atoms with Crippen molar-refractivity contribution in [3.63, 3.8) is 0 Å². The number of aliphatic imine (C=N–C) groups is 1. The van der Waals surface area contributed by atoms with Gasteiger partial charge in [0.2, 0.25) is 5.96 Å². The zero-order chi connectivity index (χ0) is 24.9. The lowest BCUT2D eigenvalue weighted by atomic mass is 10.1. The number of aryl methyl sites for hydroxylation is 1. The molecule has 182 valence electrons. The lowest BCUT2D eigenvalue weighted by Crippen LogP contribution is -2.35. The van der Waals surface area contributed by atoms with Gasteiger partial charge in [0.25, 0.3) is 5.91 Å². The van der Waals surface area contributed by atoms with Crippen LogP contribution in [0.25, 0.3) is 11.8 Å². The van der Waals surface area contributed by atoms with E-state index in [1.165, 1.54) is 12.1 Å². The first-order valence-corrected chi connectivity index (χ1v) is 11.3. The maximum atomic E-state index is 13.4. The molecule has 1 fully saturated rings. The summed E-state index contributed by atoms with van der Waals surface area (Å²) in [5.74, 6) is 0.435. The Balaban J connectivity index is 1.66.